The summed E-state index contributed by atoms with van der Waals surface area (Å²) in [5.41, 5.74) is 4.64. The minimum atomic E-state index is -0.136. The number of nitrogens with zero attached hydrogens (tertiary/aromatic N) is 1. The van der Waals surface area contributed by atoms with Gasteiger partial charge in [0.25, 0.3) is 11.5 Å². The molecule has 2 aromatic carbocycles. The molecule has 3 aromatic rings. The molecule has 0 saturated carbocycles. The zero-order valence-corrected chi connectivity index (χ0v) is 15.4. The van der Waals surface area contributed by atoms with Crippen LogP contribution in [0.25, 0.3) is 11.3 Å². The van der Waals surface area contributed by atoms with E-state index < -0.39 is 0 Å². The zero-order chi connectivity index (χ0) is 18.3. The molecule has 0 saturated heterocycles. The molecule has 4 rings (SSSR count). The van der Waals surface area contributed by atoms with Gasteiger partial charge in [-0.1, -0.05) is 22.0 Å². The molecular formula is C19H15BrN4O2. The highest BCUT2D eigenvalue weighted by atomic mass is 79.9. The quantitative estimate of drug-likeness (QED) is 0.576. The summed E-state index contributed by atoms with van der Waals surface area (Å²) in [6, 6.07) is 14.8. The van der Waals surface area contributed by atoms with Gasteiger partial charge in [0.1, 0.15) is 0 Å². The maximum atomic E-state index is 12.2. The number of fused-ring (bicyclic) bond motifs is 1. The van der Waals surface area contributed by atoms with E-state index in [9.17, 15) is 9.59 Å². The van der Waals surface area contributed by atoms with Gasteiger partial charge in [-0.3, -0.25) is 19.4 Å². The molecule has 1 amide bonds. The summed E-state index contributed by atoms with van der Waals surface area (Å²) in [6.07, 6.45) is 1.70. The lowest BCUT2D eigenvalue weighted by Gasteiger charge is -2.07. The Morgan fingerprint density at radius 2 is 1.85 bits per heavy atom. The minimum absolute atomic E-state index is 0.132. The Hall–Kier alpha value is -3.06. The van der Waals surface area contributed by atoms with Gasteiger partial charge < -0.3 is 10.6 Å². The lowest BCUT2D eigenvalue weighted by atomic mass is 10.1. The Bertz CT molecular complexity index is 1090. The number of aromatic nitrogens is 2. The monoisotopic (exact) mass is 410 g/mol. The van der Waals surface area contributed by atoms with Gasteiger partial charge in [0.2, 0.25) is 0 Å². The predicted octanol–water partition coefficient (Wildman–Crippen LogP) is 3.64. The molecule has 7 heteroatoms. The molecule has 1 aromatic heterocycles. The van der Waals surface area contributed by atoms with Crippen LogP contribution in [-0.4, -0.2) is 15.7 Å². The second-order valence-electron chi connectivity index (χ2n) is 5.99. The fourth-order valence-electron chi connectivity index (χ4n) is 2.93. The highest BCUT2D eigenvalue weighted by Gasteiger charge is 2.23. The summed E-state index contributed by atoms with van der Waals surface area (Å²) < 4.78 is 2.64. The molecule has 0 bridgehead atoms. The molecule has 0 atom stereocenters. The van der Waals surface area contributed by atoms with Gasteiger partial charge in [-0.15, -0.1) is 0 Å². The second kappa shape index (κ2) is 6.34. The number of carbonyl (C=O) groups excluding carboxylic acids is 1. The van der Waals surface area contributed by atoms with Gasteiger partial charge in [0, 0.05) is 33.7 Å². The molecule has 1 aliphatic heterocycles. The molecule has 3 N–H and O–H groups in total. The number of H-pyrrole nitrogens is 1. The Labute approximate surface area is 157 Å². The standard InChI is InChI=1S/C19H15BrN4O2/c1-11-8-18(25)23-24(11)14-5-3-13(4-6-14)21-10-16-15-7-2-12(20)9-17(15)22-19(16)26/h2-10,21H,1H3,(H,22,26)(H,23,25). The van der Waals surface area contributed by atoms with Crippen LogP contribution in [0, 0.1) is 6.92 Å². The van der Waals surface area contributed by atoms with Crippen molar-refractivity contribution in [2.24, 2.45) is 0 Å². The van der Waals surface area contributed by atoms with E-state index in [1.807, 2.05) is 49.4 Å². The minimum Gasteiger partial charge on any atom is -0.361 e. The van der Waals surface area contributed by atoms with Gasteiger partial charge in [0.05, 0.1) is 16.9 Å². The van der Waals surface area contributed by atoms with Gasteiger partial charge in [-0.25, -0.2) is 0 Å². The van der Waals surface area contributed by atoms with Crippen molar-refractivity contribution in [3.63, 3.8) is 0 Å². The Morgan fingerprint density at radius 1 is 1.08 bits per heavy atom. The highest BCUT2D eigenvalue weighted by Crippen LogP contribution is 2.33. The van der Waals surface area contributed by atoms with Gasteiger partial charge in [0.15, 0.2) is 0 Å². The van der Waals surface area contributed by atoms with E-state index in [4.69, 9.17) is 0 Å². The molecule has 2 heterocycles. The number of carbonyl (C=O) groups is 1. The number of amides is 1. The number of benzene rings is 2. The van der Waals surface area contributed by atoms with Crippen LogP contribution in [0.4, 0.5) is 11.4 Å². The third kappa shape index (κ3) is 2.97. The van der Waals surface area contributed by atoms with Gasteiger partial charge in [-0.05, 0) is 43.3 Å². The van der Waals surface area contributed by atoms with Crippen molar-refractivity contribution < 1.29 is 4.79 Å². The van der Waals surface area contributed by atoms with Crippen LogP contribution in [0.2, 0.25) is 0 Å². The van der Waals surface area contributed by atoms with Crippen molar-refractivity contribution in [2.75, 3.05) is 10.6 Å². The fourth-order valence-corrected chi connectivity index (χ4v) is 3.29. The summed E-state index contributed by atoms with van der Waals surface area (Å²) >= 11 is 3.40. The van der Waals surface area contributed by atoms with Gasteiger partial charge in [-0.2, -0.15) is 0 Å². The average molecular weight is 411 g/mol. The maximum absolute atomic E-state index is 12.2. The number of anilines is 2. The summed E-state index contributed by atoms with van der Waals surface area (Å²) in [4.78, 5) is 23.6. The summed E-state index contributed by atoms with van der Waals surface area (Å²) in [5, 5.41) is 8.75. The van der Waals surface area contributed by atoms with Crippen LogP contribution < -0.4 is 16.2 Å². The number of nitrogens with one attached hydrogen (secondary N) is 3. The summed E-state index contributed by atoms with van der Waals surface area (Å²) in [6.45, 7) is 1.86. The largest absolute Gasteiger partial charge is 0.361 e. The number of hydrogen-bond acceptors (Lipinski definition) is 3. The van der Waals surface area contributed by atoms with E-state index in [2.05, 4.69) is 31.7 Å². The first-order chi connectivity index (χ1) is 12.5. The SMILES string of the molecule is Cc1cc(=O)[nH]n1-c1ccc(NC=C2C(=O)Nc3cc(Br)ccc32)cc1. The van der Waals surface area contributed by atoms with Crippen LogP contribution in [0.1, 0.15) is 11.3 Å². The topological polar surface area (TPSA) is 78.9 Å². The van der Waals surface area contributed by atoms with Crippen LogP contribution in [0.3, 0.4) is 0 Å². The van der Waals surface area contributed by atoms with E-state index in [0.717, 1.165) is 32.8 Å². The number of hydrogen-bond donors (Lipinski definition) is 3. The van der Waals surface area contributed by atoms with Crippen LogP contribution in [-0.2, 0) is 4.79 Å². The number of aromatic amines is 1. The number of aryl methyl sites for hydroxylation is 1. The molecule has 0 fully saturated rings. The van der Waals surface area contributed by atoms with E-state index in [1.54, 1.807) is 16.9 Å². The molecule has 6 nitrogen and oxygen atoms in total. The van der Waals surface area contributed by atoms with E-state index in [1.165, 1.54) is 0 Å². The Balaban J connectivity index is 1.57. The third-order valence-corrected chi connectivity index (χ3v) is 4.68. The molecule has 0 unspecified atom stereocenters. The maximum Gasteiger partial charge on any atom is 0.264 e. The first-order valence-corrected chi connectivity index (χ1v) is 8.78. The molecule has 1 aliphatic rings. The Kier molecular flexibility index (Phi) is 4.00. The van der Waals surface area contributed by atoms with Crippen molar-refractivity contribution in [1.29, 1.82) is 0 Å². The lowest BCUT2D eigenvalue weighted by molar-refractivity contribution is -0.110. The van der Waals surface area contributed by atoms with Crippen molar-refractivity contribution in [3.05, 3.63) is 80.8 Å². The van der Waals surface area contributed by atoms with E-state index in [-0.39, 0.29) is 11.5 Å². The van der Waals surface area contributed by atoms with Crippen molar-refractivity contribution in [1.82, 2.24) is 9.78 Å². The van der Waals surface area contributed by atoms with Crippen molar-refractivity contribution in [3.8, 4) is 5.69 Å². The zero-order valence-electron chi connectivity index (χ0n) is 13.8. The van der Waals surface area contributed by atoms with Crippen LogP contribution in [0.5, 0.6) is 0 Å². The molecule has 0 radical (unpaired) electrons. The van der Waals surface area contributed by atoms with Crippen LogP contribution >= 0.6 is 15.9 Å². The first kappa shape index (κ1) is 16.4. The van der Waals surface area contributed by atoms with Crippen molar-refractivity contribution >= 4 is 38.8 Å². The van der Waals surface area contributed by atoms with Crippen LogP contribution in [0.15, 0.2) is 64.0 Å². The molecule has 0 spiro atoms. The van der Waals surface area contributed by atoms with Gasteiger partial charge >= 0.3 is 0 Å². The molecule has 130 valence electrons. The predicted molar refractivity (Wildman–Crippen MR) is 105 cm³/mol. The van der Waals surface area contributed by atoms with E-state index in [0.29, 0.717) is 5.57 Å². The fraction of sp³-hybridized carbons (Fsp3) is 0.0526. The normalized spacial score (nSPS) is 14.4. The molecular weight excluding hydrogens is 396 g/mol. The number of rotatable bonds is 3. The lowest BCUT2D eigenvalue weighted by Crippen LogP contribution is -2.05. The third-order valence-electron chi connectivity index (χ3n) is 4.19. The van der Waals surface area contributed by atoms with Crippen molar-refractivity contribution in [2.45, 2.75) is 6.92 Å². The second-order valence-corrected chi connectivity index (χ2v) is 6.91. The highest BCUT2D eigenvalue weighted by molar-refractivity contribution is 9.10. The van der Waals surface area contributed by atoms with E-state index >= 15 is 0 Å². The molecule has 0 aliphatic carbocycles. The number of halogens is 1. The summed E-state index contributed by atoms with van der Waals surface area (Å²) in [7, 11) is 0. The Morgan fingerprint density at radius 3 is 2.54 bits per heavy atom. The smallest absolute Gasteiger partial charge is 0.264 e. The molecule has 26 heavy (non-hydrogen) atoms. The first-order valence-electron chi connectivity index (χ1n) is 7.98. The average Bonchev–Trinajstić information content (AvgIpc) is 3.11. The summed E-state index contributed by atoms with van der Waals surface area (Å²) in [5.74, 6) is -0.136.